The zero-order valence-corrected chi connectivity index (χ0v) is 12.8. The molecule has 0 saturated heterocycles. The number of carbonyl (C=O) groups is 1. The first-order chi connectivity index (χ1) is 8.76. The molecule has 0 heterocycles. The van der Waals surface area contributed by atoms with E-state index in [-0.39, 0.29) is 11.6 Å². The lowest BCUT2D eigenvalue weighted by atomic mass is 10.2. The molecule has 0 unspecified atom stereocenters. The third-order valence-electron chi connectivity index (χ3n) is 2.71. The van der Waals surface area contributed by atoms with Crippen LogP contribution >= 0.6 is 31.9 Å². The minimum Gasteiger partial charge on any atom is -0.327 e. The molecule has 0 aliphatic heterocycles. The van der Waals surface area contributed by atoms with E-state index in [0.29, 0.717) is 21.8 Å². The highest BCUT2D eigenvalue weighted by atomic mass is 79.9. The van der Waals surface area contributed by atoms with E-state index >= 15 is 0 Å². The summed E-state index contributed by atoms with van der Waals surface area (Å²) in [4.78, 5) is 13.1. The summed E-state index contributed by atoms with van der Waals surface area (Å²) < 4.78 is 38.8. The van der Waals surface area contributed by atoms with E-state index in [0.717, 1.165) is 4.90 Å². The fraction of sp³-hybridized carbons (Fsp3) is 0.417. The molecule has 1 aliphatic rings. The number of alkyl halides is 3. The largest absolute Gasteiger partial charge is 0.406 e. The predicted octanol–water partition coefficient (Wildman–Crippen LogP) is 4.38. The van der Waals surface area contributed by atoms with Crippen LogP contribution in [-0.4, -0.2) is 29.6 Å². The number of carbonyl (C=O) groups excluding carboxylic acids is 1. The molecule has 7 heteroatoms. The molecule has 0 atom stereocenters. The van der Waals surface area contributed by atoms with Crippen LogP contribution in [0.3, 0.4) is 0 Å². The average Bonchev–Trinajstić information content (AvgIpc) is 3.06. The summed E-state index contributed by atoms with van der Waals surface area (Å²) in [6.45, 7) is -1.19. The maximum Gasteiger partial charge on any atom is 0.406 e. The van der Waals surface area contributed by atoms with Crippen LogP contribution in [0.15, 0.2) is 27.1 Å². The van der Waals surface area contributed by atoms with Crippen LogP contribution in [0.2, 0.25) is 0 Å². The number of amides is 1. The van der Waals surface area contributed by atoms with Gasteiger partial charge in [0.1, 0.15) is 6.54 Å². The van der Waals surface area contributed by atoms with Crippen molar-refractivity contribution < 1.29 is 18.0 Å². The molecule has 1 aromatic carbocycles. The van der Waals surface area contributed by atoms with E-state index in [9.17, 15) is 18.0 Å². The van der Waals surface area contributed by atoms with Gasteiger partial charge in [-0.2, -0.15) is 13.2 Å². The van der Waals surface area contributed by atoms with Gasteiger partial charge in [-0.1, -0.05) is 31.9 Å². The van der Waals surface area contributed by atoms with Gasteiger partial charge in [-0.05, 0) is 31.0 Å². The molecule has 1 amide bonds. The topological polar surface area (TPSA) is 20.3 Å². The lowest BCUT2D eigenvalue weighted by Gasteiger charge is -2.24. The molecule has 0 N–H and O–H groups in total. The quantitative estimate of drug-likeness (QED) is 0.737. The van der Waals surface area contributed by atoms with Crippen LogP contribution in [0.25, 0.3) is 0 Å². The zero-order valence-electron chi connectivity index (χ0n) is 9.68. The van der Waals surface area contributed by atoms with Gasteiger partial charge in [-0.3, -0.25) is 4.79 Å². The van der Waals surface area contributed by atoms with Crippen molar-refractivity contribution in [3.05, 3.63) is 32.7 Å². The Bertz CT molecular complexity index is 480. The summed E-state index contributed by atoms with van der Waals surface area (Å²) in [7, 11) is 0. The maximum atomic E-state index is 12.5. The van der Waals surface area contributed by atoms with Gasteiger partial charge in [0.2, 0.25) is 0 Å². The average molecular weight is 401 g/mol. The van der Waals surface area contributed by atoms with Crippen molar-refractivity contribution in [2.45, 2.75) is 25.1 Å². The highest BCUT2D eigenvalue weighted by molar-refractivity contribution is 9.11. The second-order valence-corrected chi connectivity index (χ2v) is 6.27. The van der Waals surface area contributed by atoms with Crippen LogP contribution in [0, 0.1) is 0 Å². The highest BCUT2D eigenvalue weighted by Crippen LogP contribution is 2.32. The summed E-state index contributed by atoms with van der Waals surface area (Å²) in [5.74, 6) is -0.582. The molecule has 1 saturated carbocycles. The maximum absolute atomic E-state index is 12.5. The smallest absolute Gasteiger partial charge is 0.327 e. The van der Waals surface area contributed by atoms with E-state index < -0.39 is 18.6 Å². The SMILES string of the molecule is O=C(c1cc(Br)cc(Br)c1)N(CC(F)(F)F)C1CC1. The van der Waals surface area contributed by atoms with Crippen molar-refractivity contribution in [2.24, 2.45) is 0 Å². The molecule has 1 aliphatic carbocycles. The molecule has 0 aromatic heterocycles. The van der Waals surface area contributed by atoms with Crippen LogP contribution in [0.1, 0.15) is 23.2 Å². The summed E-state index contributed by atoms with van der Waals surface area (Å²) in [6, 6.07) is 4.49. The molecule has 1 aromatic rings. The molecule has 2 nitrogen and oxygen atoms in total. The molecular formula is C12H10Br2F3NO. The third kappa shape index (κ3) is 4.21. The fourth-order valence-electron chi connectivity index (χ4n) is 1.79. The number of benzene rings is 1. The zero-order chi connectivity index (χ0) is 14.2. The van der Waals surface area contributed by atoms with Crippen LogP contribution in [-0.2, 0) is 0 Å². The van der Waals surface area contributed by atoms with E-state index in [1.54, 1.807) is 6.07 Å². The van der Waals surface area contributed by atoms with Gasteiger partial charge in [-0.25, -0.2) is 0 Å². The number of rotatable bonds is 3. The van der Waals surface area contributed by atoms with E-state index in [1.165, 1.54) is 12.1 Å². The standard InChI is InChI=1S/C12H10Br2F3NO/c13-8-3-7(4-9(14)5-8)11(19)18(10-1-2-10)6-12(15,16)17/h3-5,10H,1-2,6H2. The predicted molar refractivity (Wildman–Crippen MR) is 72.0 cm³/mol. The van der Waals surface area contributed by atoms with Gasteiger partial charge in [-0.15, -0.1) is 0 Å². The molecule has 0 radical (unpaired) electrons. The Kier molecular flexibility index (Phi) is 4.25. The molecular weight excluding hydrogens is 391 g/mol. The third-order valence-corrected chi connectivity index (χ3v) is 3.62. The fourth-order valence-corrected chi connectivity index (χ4v) is 3.08. The molecule has 2 rings (SSSR count). The van der Waals surface area contributed by atoms with Crippen molar-refractivity contribution in [2.75, 3.05) is 6.54 Å². The first kappa shape index (κ1) is 14.8. The van der Waals surface area contributed by atoms with Crippen LogP contribution in [0.4, 0.5) is 13.2 Å². The Hall–Kier alpha value is -0.560. The van der Waals surface area contributed by atoms with Gasteiger partial charge in [0.15, 0.2) is 0 Å². The van der Waals surface area contributed by atoms with Gasteiger partial charge in [0, 0.05) is 20.6 Å². The van der Waals surface area contributed by atoms with Crippen LogP contribution < -0.4 is 0 Å². The second kappa shape index (κ2) is 5.44. The highest BCUT2D eigenvalue weighted by Gasteiger charge is 2.40. The molecule has 1 fully saturated rings. The van der Waals surface area contributed by atoms with Crippen molar-refractivity contribution in [3.8, 4) is 0 Å². The van der Waals surface area contributed by atoms with Crippen molar-refractivity contribution >= 4 is 37.8 Å². The lowest BCUT2D eigenvalue weighted by Crippen LogP contribution is -2.40. The van der Waals surface area contributed by atoms with Gasteiger partial charge in [0.05, 0.1) is 0 Å². The minimum absolute atomic E-state index is 0.248. The minimum atomic E-state index is -4.37. The Morgan fingerprint density at radius 2 is 1.74 bits per heavy atom. The van der Waals surface area contributed by atoms with Gasteiger partial charge >= 0.3 is 6.18 Å². The Morgan fingerprint density at radius 3 is 2.16 bits per heavy atom. The summed E-state index contributed by atoms with van der Waals surface area (Å²) in [6.07, 6.45) is -3.10. The summed E-state index contributed by atoms with van der Waals surface area (Å²) in [5, 5.41) is 0. The van der Waals surface area contributed by atoms with E-state index in [2.05, 4.69) is 31.9 Å². The number of hydrogen-bond donors (Lipinski definition) is 0. The first-order valence-corrected chi connectivity index (χ1v) is 7.19. The number of halogens is 5. The lowest BCUT2D eigenvalue weighted by molar-refractivity contribution is -0.141. The molecule has 104 valence electrons. The normalized spacial score (nSPS) is 15.4. The van der Waals surface area contributed by atoms with Crippen molar-refractivity contribution in [3.63, 3.8) is 0 Å². The Morgan fingerprint density at radius 1 is 1.21 bits per heavy atom. The van der Waals surface area contributed by atoms with Crippen molar-refractivity contribution in [1.29, 1.82) is 0 Å². The second-order valence-electron chi connectivity index (χ2n) is 4.44. The van der Waals surface area contributed by atoms with E-state index in [4.69, 9.17) is 0 Å². The molecule has 19 heavy (non-hydrogen) atoms. The van der Waals surface area contributed by atoms with Gasteiger partial charge in [0.25, 0.3) is 5.91 Å². The molecule has 0 bridgehead atoms. The summed E-state index contributed by atoms with van der Waals surface area (Å²) >= 11 is 6.44. The number of nitrogens with zero attached hydrogens (tertiary/aromatic N) is 1. The molecule has 0 spiro atoms. The Balaban J connectivity index is 2.24. The number of hydrogen-bond acceptors (Lipinski definition) is 1. The van der Waals surface area contributed by atoms with E-state index in [1.807, 2.05) is 0 Å². The monoisotopic (exact) mass is 399 g/mol. The van der Waals surface area contributed by atoms with Gasteiger partial charge < -0.3 is 4.90 Å². The van der Waals surface area contributed by atoms with Crippen LogP contribution in [0.5, 0.6) is 0 Å². The first-order valence-electron chi connectivity index (χ1n) is 5.60. The van der Waals surface area contributed by atoms with Crippen molar-refractivity contribution in [1.82, 2.24) is 4.90 Å². The Labute approximate surface area is 125 Å². The summed E-state index contributed by atoms with van der Waals surface area (Å²) in [5.41, 5.74) is 0.248.